The highest BCUT2D eigenvalue weighted by atomic mass is 16.4. The molecule has 0 heterocycles. The molecule has 0 unspecified atom stereocenters. The van der Waals surface area contributed by atoms with Gasteiger partial charge in [0.15, 0.2) is 0 Å². The number of carboxylic acids is 1. The summed E-state index contributed by atoms with van der Waals surface area (Å²) in [5.41, 5.74) is 1.38. The molecule has 0 spiro atoms. The van der Waals surface area contributed by atoms with Gasteiger partial charge >= 0.3 is 0 Å². The van der Waals surface area contributed by atoms with Gasteiger partial charge in [-0.1, -0.05) is 44.7 Å². The van der Waals surface area contributed by atoms with Gasteiger partial charge in [-0.15, -0.1) is 0 Å². The lowest BCUT2D eigenvalue weighted by molar-refractivity contribution is -0.255. The summed E-state index contributed by atoms with van der Waals surface area (Å²) in [7, 11) is 0. The van der Waals surface area contributed by atoms with Gasteiger partial charge < -0.3 is 15.2 Å². The monoisotopic (exact) mass is 288 g/mol. The smallest absolute Gasteiger partial charge is 0.224 e. The fourth-order valence-corrected chi connectivity index (χ4v) is 3.12. The topological polar surface area (TPSA) is 69.2 Å². The van der Waals surface area contributed by atoms with Crippen LogP contribution in [0.5, 0.6) is 0 Å². The van der Waals surface area contributed by atoms with Crippen molar-refractivity contribution < 1.29 is 14.7 Å². The Hall–Kier alpha value is -1.84. The zero-order valence-corrected chi connectivity index (χ0v) is 12.5. The Balaban J connectivity index is 1.99. The maximum Gasteiger partial charge on any atom is 0.224 e. The second-order valence-electron chi connectivity index (χ2n) is 5.71. The van der Waals surface area contributed by atoms with Crippen LogP contribution in [0.3, 0.4) is 0 Å². The first kappa shape index (κ1) is 15.5. The van der Waals surface area contributed by atoms with Crippen molar-refractivity contribution in [1.82, 2.24) is 0 Å². The van der Waals surface area contributed by atoms with Gasteiger partial charge in [-0.05, 0) is 30.4 Å². The Labute approximate surface area is 125 Å². The van der Waals surface area contributed by atoms with E-state index in [0.717, 1.165) is 6.42 Å². The van der Waals surface area contributed by atoms with Crippen LogP contribution in [0.15, 0.2) is 18.2 Å². The van der Waals surface area contributed by atoms with Crippen LogP contribution in [0, 0.1) is 5.92 Å². The van der Waals surface area contributed by atoms with Gasteiger partial charge in [0, 0.05) is 17.7 Å². The van der Waals surface area contributed by atoms with Crippen LogP contribution in [0.25, 0.3) is 0 Å². The lowest BCUT2D eigenvalue weighted by Gasteiger charge is -2.15. The third kappa shape index (κ3) is 4.06. The number of benzene rings is 1. The minimum atomic E-state index is -1.20. The van der Waals surface area contributed by atoms with Crippen LogP contribution in [-0.4, -0.2) is 11.9 Å². The lowest BCUT2D eigenvalue weighted by atomic mass is 10.0. The largest absolute Gasteiger partial charge is 0.545 e. The molecule has 2 rings (SSSR count). The van der Waals surface area contributed by atoms with E-state index in [9.17, 15) is 14.7 Å². The van der Waals surface area contributed by atoms with Crippen LogP contribution in [0.2, 0.25) is 0 Å². The van der Waals surface area contributed by atoms with Crippen molar-refractivity contribution in [2.24, 2.45) is 5.92 Å². The van der Waals surface area contributed by atoms with Crippen LogP contribution >= 0.6 is 0 Å². The molecule has 0 radical (unpaired) electrons. The maximum atomic E-state index is 12.0. The Morgan fingerprint density at radius 1 is 1.29 bits per heavy atom. The fraction of sp³-hybridized carbons (Fsp3) is 0.529. The molecule has 0 aromatic heterocycles. The zero-order valence-electron chi connectivity index (χ0n) is 12.5. The van der Waals surface area contributed by atoms with Gasteiger partial charge in [0.05, 0.1) is 5.97 Å². The summed E-state index contributed by atoms with van der Waals surface area (Å²) in [4.78, 5) is 23.1. The molecule has 0 bridgehead atoms. The predicted molar refractivity (Wildman–Crippen MR) is 80.0 cm³/mol. The number of hydrogen-bond donors (Lipinski definition) is 1. The first-order valence-electron chi connectivity index (χ1n) is 7.75. The number of aromatic carboxylic acids is 1. The Morgan fingerprint density at radius 2 is 2.00 bits per heavy atom. The average molecular weight is 288 g/mol. The molecule has 1 aliphatic rings. The van der Waals surface area contributed by atoms with Crippen molar-refractivity contribution in [1.29, 1.82) is 0 Å². The SMILES string of the molecule is CCc1c(NC(=O)CCC2CCCC2)cccc1C(=O)[O-]. The molecule has 0 aliphatic heterocycles. The molecule has 1 saturated carbocycles. The molecule has 1 aromatic rings. The Kier molecular flexibility index (Phi) is 5.37. The van der Waals surface area contributed by atoms with Crippen molar-refractivity contribution in [2.75, 3.05) is 5.32 Å². The van der Waals surface area contributed by atoms with Crippen molar-refractivity contribution in [2.45, 2.75) is 51.9 Å². The number of amides is 1. The third-order valence-electron chi connectivity index (χ3n) is 4.28. The number of carbonyl (C=O) groups is 2. The third-order valence-corrected chi connectivity index (χ3v) is 4.28. The average Bonchev–Trinajstić information content (AvgIpc) is 2.98. The summed E-state index contributed by atoms with van der Waals surface area (Å²) < 4.78 is 0. The molecule has 0 saturated heterocycles. The Bertz CT molecular complexity index is 519. The highest BCUT2D eigenvalue weighted by Gasteiger charge is 2.17. The normalized spacial score (nSPS) is 15.1. The van der Waals surface area contributed by atoms with E-state index in [1.54, 1.807) is 12.1 Å². The molecule has 1 fully saturated rings. The van der Waals surface area contributed by atoms with Gasteiger partial charge in [0.2, 0.25) is 5.91 Å². The summed E-state index contributed by atoms with van der Waals surface area (Å²) in [5.74, 6) is -0.558. The fourth-order valence-electron chi connectivity index (χ4n) is 3.12. The van der Waals surface area contributed by atoms with Crippen LogP contribution in [0.1, 0.15) is 61.4 Å². The predicted octanol–water partition coefficient (Wildman–Crippen LogP) is 2.52. The van der Waals surface area contributed by atoms with Crippen LogP contribution in [-0.2, 0) is 11.2 Å². The molecule has 1 N–H and O–H groups in total. The molecule has 4 heteroatoms. The first-order chi connectivity index (χ1) is 10.1. The minimum Gasteiger partial charge on any atom is -0.545 e. The summed E-state index contributed by atoms with van der Waals surface area (Å²) in [6, 6.07) is 4.90. The van der Waals surface area contributed by atoms with Crippen LogP contribution < -0.4 is 10.4 Å². The van der Waals surface area contributed by atoms with Gasteiger partial charge in [-0.3, -0.25) is 4.79 Å². The quantitative estimate of drug-likeness (QED) is 0.874. The Morgan fingerprint density at radius 3 is 2.62 bits per heavy atom. The molecule has 21 heavy (non-hydrogen) atoms. The van der Waals surface area contributed by atoms with E-state index >= 15 is 0 Å². The molecular weight excluding hydrogens is 266 g/mol. The van der Waals surface area contributed by atoms with E-state index in [-0.39, 0.29) is 11.5 Å². The summed E-state index contributed by atoms with van der Waals surface area (Å²) in [5, 5.41) is 13.9. The number of hydrogen-bond acceptors (Lipinski definition) is 3. The summed E-state index contributed by atoms with van der Waals surface area (Å²) in [6.07, 6.45) is 6.99. The molecule has 4 nitrogen and oxygen atoms in total. The number of rotatable bonds is 6. The van der Waals surface area contributed by atoms with E-state index < -0.39 is 5.97 Å². The van der Waals surface area contributed by atoms with Crippen molar-refractivity contribution >= 4 is 17.6 Å². The number of nitrogens with one attached hydrogen (secondary N) is 1. The second-order valence-corrected chi connectivity index (χ2v) is 5.71. The van der Waals surface area contributed by atoms with Crippen molar-refractivity contribution in [3.05, 3.63) is 29.3 Å². The lowest BCUT2D eigenvalue weighted by Crippen LogP contribution is -2.24. The maximum absolute atomic E-state index is 12.0. The molecule has 1 aromatic carbocycles. The molecule has 1 amide bonds. The van der Waals surface area contributed by atoms with E-state index in [4.69, 9.17) is 0 Å². The first-order valence-corrected chi connectivity index (χ1v) is 7.75. The molecule has 0 atom stereocenters. The molecule has 1 aliphatic carbocycles. The molecular formula is C17H22NO3-. The van der Waals surface area contributed by atoms with Gasteiger partial charge in [0.1, 0.15) is 0 Å². The number of carbonyl (C=O) groups excluding carboxylic acids is 2. The number of anilines is 1. The van der Waals surface area contributed by atoms with E-state index in [2.05, 4.69) is 5.32 Å². The minimum absolute atomic E-state index is 0.0351. The van der Waals surface area contributed by atoms with Crippen molar-refractivity contribution in [3.8, 4) is 0 Å². The second kappa shape index (κ2) is 7.25. The van der Waals surface area contributed by atoms with E-state index in [0.29, 0.717) is 30.0 Å². The van der Waals surface area contributed by atoms with E-state index in [1.165, 1.54) is 31.7 Å². The van der Waals surface area contributed by atoms with E-state index in [1.807, 2.05) is 6.92 Å². The molecule has 114 valence electrons. The number of carboxylic acid groups (broad SMARTS) is 1. The highest BCUT2D eigenvalue weighted by Crippen LogP contribution is 2.29. The highest BCUT2D eigenvalue weighted by molar-refractivity contribution is 5.95. The van der Waals surface area contributed by atoms with Crippen LogP contribution in [0.4, 0.5) is 5.69 Å². The van der Waals surface area contributed by atoms with Crippen molar-refractivity contribution in [3.63, 3.8) is 0 Å². The standard InChI is InChI=1S/C17H23NO3/c1-2-13-14(17(20)21)8-5-9-15(13)18-16(19)11-10-12-6-3-4-7-12/h5,8-9,12H,2-4,6-7,10-11H2,1H3,(H,18,19)(H,20,21)/p-1. The van der Waals surface area contributed by atoms with Gasteiger partial charge in [-0.2, -0.15) is 0 Å². The van der Waals surface area contributed by atoms with Gasteiger partial charge in [0.25, 0.3) is 0 Å². The van der Waals surface area contributed by atoms with Gasteiger partial charge in [-0.25, -0.2) is 0 Å². The summed E-state index contributed by atoms with van der Waals surface area (Å²) in [6.45, 7) is 1.87. The summed E-state index contributed by atoms with van der Waals surface area (Å²) >= 11 is 0. The zero-order chi connectivity index (χ0) is 15.2.